The van der Waals surface area contributed by atoms with E-state index in [-0.39, 0.29) is 6.61 Å². The summed E-state index contributed by atoms with van der Waals surface area (Å²) in [5.41, 5.74) is 3.51. The van der Waals surface area contributed by atoms with Gasteiger partial charge < -0.3 is 9.63 Å². The Morgan fingerprint density at radius 3 is 3.12 bits per heavy atom. The highest BCUT2D eigenvalue weighted by Crippen LogP contribution is 2.66. The van der Waals surface area contributed by atoms with Crippen molar-refractivity contribution < 1.29 is 9.63 Å². The zero-order chi connectivity index (χ0) is 16.3. The molecule has 2 aromatic heterocycles. The Bertz CT molecular complexity index is 919. The standard InChI is InChI=1S/C17H15ClN4O2/c18-11-1-2-12-9(5-11)6-13-14(12)15(13)17-20-16(21-24-17)10-7-19-22(8-10)3-4-23/h1-2,5,7-8,13-15,23H,3-4,6H2. The first-order chi connectivity index (χ1) is 11.7. The van der Waals surface area contributed by atoms with Gasteiger partial charge in [0.25, 0.3) is 0 Å². The van der Waals surface area contributed by atoms with Gasteiger partial charge in [0.2, 0.25) is 11.7 Å². The van der Waals surface area contributed by atoms with Gasteiger partial charge in [-0.1, -0.05) is 22.8 Å². The molecule has 0 amide bonds. The van der Waals surface area contributed by atoms with Gasteiger partial charge in [-0.05, 0) is 41.5 Å². The summed E-state index contributed by atoms with van der Waals surface area (Å²) in [5.74, 6) is 2.59. The first-order valence-corrected chi connectivity index (χ1v) is 8.38. The first kappa shape index (κ1) is 14.2. The average molecular weight is 343 g/mol. The van der Waals surface area contributed by atoms with Crippen LogP contribution in [0.2, 0.25) is 5.02 Å². The van der Waals surface area contributed by atoms with E-state index in [2.05, 4.69) is 27.4 Å². The summed E-state index contributed by atoms with van der Waals surface area (Å²) in [4.78, 5) is 4.57. The van der Waals surface area contributed by atoms with Gasteiger partial charge in [0.05, 0.1) is 24.9 Å². The van der Waals surface area contributed by atoms with Gasteiger partial charge in [-0.15, -0.1) is 0 Å². The molecule has 2 heterocycles. The molecule has 3 aromatic rings. The topological polar surface area (TPSA) is 77.0 Å². The van der Waals surface area contributed by atoms with Crippen LogP contribution in [0, 0.1) is 5.92 Å². The molecular formula is C17H15ClN4O2. The average Bonchev–Trinajstić information content (AvgIpc) is 3.00. The van der Waals surface area contributed by atoms with E-state index in [1.165, 1.54) is 11.1 Å². The highest BCUT2D eigenvalue weighted by molar-refractivity contribution is 6.30. The molecule has 0 bridgehead atoms. The molecule has 1 aromatic carbocycles. The zero-order valence-corrected chi connectivity index (χ0v) is 13.5. The number of rotatable bonds is 4. The lowest BCUT2D eigenvalue weighted by Gasteiger charge is -2.05. The van der Waals surface area contributed by atoms with E-state index in [1.807, 2.05) is 12.3 Å². The van der Waals surface area contributed by atoms with Crippen LogP contribution in [0.5, 0.6) is 0 Å². The Hall–Kier alpha value is -2.18. The van der Waals surface area contributed by atoms with Gasteiger partial charge in [0, 0.05) is 17.1 Å². The third-order valence-corrected chi connectivity index (χ3v) is 5.27. The molecule has 2 aliphatic rings. The molecule has 1 N–H and O–H groups in total. The van der Waals surface area contributed by atoms with Crippen LogP contribution in [-0.4, -0.2) is 31.6 Å². The van der Waals surface area contributed by atoms with Crippen LogP contribution in [0.4, 0.5) is 0 Å². The van der Waals surface area contributed by atoms with Crippen LogP contribution in [0.3, 0.4) is 0 Å². The van der Waals surface area contributed by atoms with E-state index in [4.69, 9.17) is 21.2 Å². The Labute approximate surface area is 143 Å². The van der Waals surface area contributed by atoms with Gasteiger partial charge in [-0.3, -0.25) is 4.68 Å². The predicted molar refractivity (Wildman–Crippen MR) is 86.7 cm³/mol. The van der Waals surface area contributed by atoms with Crippen molar-refractivity contribution in [2.45, 2.75) is 24.8 Å². The maximum Gasteiger partial charge on any atom is 0.231 e. The molecule has 6 nitrogen and oxygen atoms in total. The molecule has 0 aliphatic heterocycles. The SMILES string of the molecule is OCCn1cc(-c2noc(C3C4Cc5cc(Cl)ccc5C43)n2)cn1. The number of hydrogen-bond donors (Lipinski definition) is 1. The van der Waals surface area contributed by atoms with Crippen molar-refractivity contribution in [3.8, 4) is 11.4 Å². The highest BCUT2D eigenvalue weighted by atomic mass is 35.5. The summed E-state index contributed by atoms with van der Waals surface area (Å²) in [5, 5.41) is 18.0. The maximum absolute atomic E-state index is 8.95. The minimum absolute atomic E-state index is 0.0491. The fourth-order valence-electron chi connectivity index (χ4n) is 3.91. The van der Waals surface area contributed by atoms with Crippen LogP contribution in [0.15, 0.2) is 35.1 Å². The smallest absolute Gasteiger partial charge is 0.231 e. The van der Waals surface area contributed by atoms with Gasteiger partial charge >= 0.3 is 0 Å². The van der Waals surface area contributed by atoms with E-state index in [9.17, 15) is 0 Å². The van der Waals surface area contributed by atoms with E-state index < -0.39 is 0 Å². The fourth-order valence-corrected chi connectivity index (χ4v) is 4.11. The Morgan fingerprint density at radius 1 is 1.33 bits per heavy atom. The van der Waals surface area contributed by atoms with Crippen molar-refractivity contribution in [1.29, 1.82) is 0 Å². The van der Waals surface area contributed by atoms with Crippen molar-refractivity contribution in [3.05, 3.63) is 52.6 Å². The van der Waals surface area contributed by atoms with Crippen LogP contribution >= 0.6 is 11.6 Å². The summed E-state index contributed by atoms with van der Waals surface area (Å²) in [7, 11) is 0. The second-order valence-corrected chi connectivity index (χ2v) is 6.87. The molecule has 24 heavy (non-hydrogen) atoms. The minimum atomic E-state index is 0.0491. The van der Waals surface area contributed by atoms with Crippen molar-refractivity contribution >= 4 is 11.6 Å². The second kappa shape index (κ2) is 5.16. The lowest BCUT2D eigenvalue weighted by atomic mass is 10.0. The highest BCUT2D eigenvalue weighted by Gasteiger charge is 2.59. The third kappa shape index (κ3) is 2.10. The van der Waals surface area contributed by atoms with Crippen molar-refractivity contribution in [1.82, 2.24) is 19.9 Å². The lowest BCUT2D eigenvalue weighted by Crippen LogP contribution is -2.01. The van der Waals surface area contributed by atoms with Gasteiger partial charge in [0.15, 0.2) is 0 Å². The number of nitrogens with zero attached hydrogens (tertiary/aromatic N) is 4. The molecule has 0 radical (unpaired) electrons. The summed E-state index contributed by atoms with van der Waals surface area (Å²) < 4.78 is 7.18. The van der Waals surface area contributed by atoms with Crippen molar-refractivity contribution in [2.24, 2.45) is 5.92 Å². The molecule has 0 spiro atoms. The summed E-state index contributed by atoms with van der Waals surface area (Å²) in [6.07, 6.45) is 4.53. The number of aliphatic hydroxyl groups is 1. The molecule has 1 fully saturated rings. The van der Waals surface area contributed by atoms with Gasteiger partial charge in [0.1, 0.15) is 0 Å². The minimum Gasteiger partial charge on any atom is -0.394 e. The molecule has 3 unspecified atom stereocenters. The van der Waals surface area contributed by atoms with E-state index in [1.54, 1.807) is 10.9 Å². The van der Waals surface area contributed by atoms with Gasteiger partial charge in [-0.25, -0.2) is 0 Å². The quantitative estimate of drug-likeness (QED) is 0.788. The van der Waals surface area contributed by atoms with E-state index in [0.29, 0.717) is 36.0 Å². The van der Waals surface area contributed by atoms with Crippen LogP contribution < -0.4 is 0 Å². The Balaban J connectivity index is 1.38. The normalized spacial score (nSPS) is 24.0. The van der Waals surface area contributed by atoms with Gasteiger partial charge in [-0.2, -0.15) is 10.1 Å². The summed E-state index contributed by atoms with van der Waals surface area (Å²) in [6.45, 7) is 0.504. The first-order valence-electron chi connectivity index (χ1n) is 8.00. The number of aliphatic hydroxyl groups excluding tert-OH is 1. The number of benzene rings is 1. The summed E-state index contributed by atoms with van der Waals surface area (Å²) in [6, 6.07) is 6.14. The predicted octanol–water partition coefficient (Wildman–Crippen LogP) is 2.63. The molecule has 0 saturated heterocycles. The third-order valence-electron chi connectivity index (χ3n) is 5.04. The molecule has 3 atom stereocenters. The molecular weight excluding hydrogens is 328 g/mol. The second-order valence-electron chi connectivity index (χ2n) is 6.43. The van der Waals surface area contributed by atoms with Crippen molar-refractivity contribution in [2.75, 3.05) is 6.61 Å². The lowest BCUT2D eigenvalue weighted by molar-refractivity contribution is 0.269. The van der Waals surface area contributed by atoms with Crippen molar-refractivity contribution in [3.63, 3.8) is 0 Å². The Morgan fingerprint density at radius 2 is 2.25 bits per heavy atom. The largest absolute Gasteiger partial charge is 0.394 e. The number of fused-ring (bicyclic) bond motifs is 3. The van der Waals surface area contributed by atoms with Crippen LogP contribution in [-0.2, 0) is 13.0 Å². The fraction of sp³-hybridized carbons (Fsp3) is 0.353. The Kier molecular flexibility index (Phi) is 3.05. The van der Waals surface area contributed by atoms with E-state index >= 15 is 0 Å². The van der Waals surface area contributed by atoms with Crippen LogP contribution in [0.25, 0.3) is 11.4 Å². The maximum atomic E-state index is 8.95. The molecule has 5 rings (SSSR count). The van der Waals surface area contributed by atoms with E-state index in [0.717, 1.165) is 17.0 Å². The molecule has 2 aliphatic carbocycles. The monoisotopic (exact) mass is 342 g/mol. The number of hydrogen-bond acceptors (Lipinski definition) is 5. The number of halogens is 1. The molecule has 1 saturated carbocycles. The zero-order valence-electron chi connectivity index (χ0n) is 12.8. The number of aromatic nitrogens is 4. The summed E-state index contributed by atoms with van der Waals surface area (Å²) >= 11 is 6.07. The molecule has 7 heteroatoms. The van der Waals surface area contributed by atoms with Crippen LogP contribution in [0.1, 0.15) is 28.9 Å². The molecule has 122 valence electrons.